The lowest BCUT2D eigenvalue weighted by atomic mass is 10.2. The summed E-state index contributed by atoms with van der Waals surface area (Å²) in [5.41, 5.74) is 0. The molecule has 0 saturated carbocycles. The number of hydrogen-bond donors (Lipinski definition) is 1. The molecule has 1 N–H and O–H groups in total. The number of halogens is 1. The average Bonchev–Trinajstić information content (AvgIpc) is 2.75. The van der Waals surface area contributed by atoms with E-state index in [1.54, 1.807) is 0 Å². The highest BCUT2D eigenvalue weighted by molar-refractivity contribution is 7.95. The lowest BCUT2D eigenvalue weighted by Crippen LogP contribution is -3.00. The smallest absolute Gasteiger partial charge is 0.112 e. The minimum absolute atomic E-state index is 0. The third-order valence-electron chi connectivity index (χ3n) is 5.26. The summed E-state index contributed by atoms with van der Waals surface area (Å²) >= 11 is 0. The standard InChI is InChI=1S/C25H31NP.ClH/c1-26-21-13-2-3-14-22-27(23-15-7-4-8-16-23,24-17-9-5-10-18-24)25-19-11-6-12-20-25;/h4-12,15-20,26H,2-3,13-14,21-22H2,1H3;1H/q+1;/p-1. The fraction of sp³-hybridized carbons (Fsp3) is 0.280. The normalized spacial score (nSPS) is 11.0. The fourth-order valence-electron chi connectivity index (χ4n) is 3.89. The molecular formula is C25H31ClNP. The van der Waals surface area contributed by atoms with Gasteiger partial charge in [-0.3, -0.25) is 0 Å². The Morgan fingerprint density at radius 1 is 0.571 bits per heavy atom. The molecule has 0 aliphatic heterocycles. The van der Waals surface area contributed by atoms with Crippen molar-refractivity contribution in [3.63, 3.8) is 0 Å². The summed E-state index contributed by atoms with van der Waals surface area (Å²) in [6, 6.07) is 33.6. The van der Waals surface area contributed by atoms with E-state index < -0.39 is 7.26 Å². The van der Waals surface area contributed by atoms with Crippen LogP contribution in [-0.4, -0.2) is 19.8 Å². The van der Waals surface area contributed by atoms with Crippen LogP contribution in [-0.2, 0) is 0 Å². The zero-order chi connectivity index (χ0) is 18.8. The Hall–Kier alpha value is -1.66. The fourth-order valence-corrected chi connectivity index (χ4v) is 8.30. The first kappa shape index (κ1) is 22.6. The molecule has 3 aromatic rings. The van der Waals surface area contributed by atoms with Crippen molar-refractivity contribution < 1.29 is 12.4 Å². The summed E-state index contributed by atoms with van der Waals surface area (Å²) in [6.07, 6.45) is 6.39. The van der Waals surface area contributed by atoms with E-state index >= 15 is 0 Å². The Morgan fingerprint density at radius 2 is 0.964 bits per heavy atom. The van der Waals surface area contributed by atoms with Crippen LogP contribution in [0.2, 0.25) is 0 Å². The molecule has 28 heavy (non-hydrogen) atoms. The lowest BCUT2D eigenvalue weighted by molar-refractivity contribution is -0.00000541. The van der Waals surface area contributed by atoms with Crippen molar-refractivity contribution in [2.75, 3.05) is 19.8 Å². The molecule has 0 fully saturated rings. The van der Waals surface area contributed by atoms with Gasteiger partial charge < -0.3 is 17.7 Å². The Labute approximate surface area is 177 Å². The number of hydrogen-bond acceptors (Lipinski definition) is 1. The Bertz CT molecular complexity index is 681. The predicted octanol–water partition coefficient (Wildman–Crippen LogP) is 1.76. The highest BCUT2D eigenvalue weighted by Crippen LogP contribution is 2.55. The maximum Gasteiger partial charge on any atom is 0.112 e. The van der Waals surface area contributed by atoms with E-state index in [9.17, 15) is 0 Å². The van der Waals surface area contributed by atoms with Crippen LogP contribution in [0.5, 0.6) is 0 Å². The van der Waals surface area contributed by atoms with Gasteiger partial charge in [-0.2, -0.15) is 0 Å². The van der Waals surface area contributed by atoms with E-state index in [1.165, 1.54) is 47.8 Å². The van der Waals surface area contributed by atoms with Crippen LogP contribution in [0.15, 0.2) is 91.0 Å². The zero-order valence-electron chi connectivity index (χ0n) is 16.7. The van der Waals surface area contributed by atoms with Crippen molar-refractivity contribution in [2.24, 2.45) is 0 Å². The van der Waals surface area contributed by atoms with Crippen molar-refractivity contribution in [3.8, 4) is 0 Å². The molecule has 3 rings (SSSR count). The summed E-state index contributed by atoms with van der Waals surface area (Å²) in [6.45, 7) is 1.12. The minimum Gasteiger partial charge on any atom is -1.00 e. The molecule has 0 aromatic heterocycles. The minimum atomic E-state index is -1.62. The Kier molecular flexibility index (Phi) is 9.71. The summed E-state index contributed by atoms with van der Waals surface area (Å²) in [4.78, 5) is 0. The molecule has 0 unspecified atom stereocenters. The van der Waals surface area contributed by atoms with Gasteiger partial charge in [-0.05, 0) is 69.3 Å². The van der Waals surface area contributed by atoms with Gasteiger partial charge in [0.1, 0.15) is 23.2 Å². The molecule has 0 heterocycles. The maximum atomic E-state index is 3.26. The van der Waals surface area contributed by atoms with Crippen LogP contribution in [0.25, 0.3) is 0 Å². The molecule has 0 bridgehead atoms. The van der Waals surface area contributed by atoms with E-state index in [0.29, 0.717) is 0 Å². The average molecular weight is 412 g/mol. The van der Waals surface area contributed by atoms with E-state index in [0.717, 1.165) is 6.54 Å². The molecule has 3 aromatic carbocycles. The quantitative estimate of drug-likeness (QED) is 0.396. The van der Waals surface area contributed by atoms with E-state index in [4.69, 9.17) is 0 Å². The second-order valence-corrected chi connectivity index (χ2v) is 10.7. The largest absolute Gasteiger partial charge is 1.00 e. The summed E-state index contributed by atoms with van der Waals surface area (Å²) < 4.78 is 0. The predicted molar refractivity (Wildman–Crippen MR) is 122 cm³/mol. The molecule has 1 nitrogen and oxygen atoms in total. The molecule has 0 spiro atoms. The molecule has 0 saturated heterocycles. The van der Waals surface area contributed by atoms with Crippen LogP contribution in [0.4, 0.5) is 0 Å². The first-order valence-corrected chi connectivity index (χ1v) is 12.0. The number of nitrogens with one attached hydrogen (secondary N) is 1. The lowest BCUT2D eigenvalue weighted by Gasteiger charge is -2.27. The monoisotopic (exact) mass is 411 g/mol. The number of rotatable bonds is 10. The SMILES string of the molecule is CNCCCCCC[P+](c1ccccc1)(c1ccccc1)c1ccccc1.[Cl-]. The van der Waals surface area contributed by atoms with Crippen LogP contribution >= 0.6 is 7.26 Å². The van der Waals surface area contributed by atoms with Gasteiger partial charge in [0.25, 0.3) is 0 Å². The summed E-state index contributed by atoms with van der Waals surface area (Å²) in [5, 5.41) is 7.75. The third-order valence-corrected chi connectivity index (χ3v) is 9.79. The zero-order valence-corrected chi connectivity index (χ0v) is 18.4. The highest BCUT2D eigenvalue weighted by atomic mass is 35.5. The second-order valence-electron chi connectivity index (χ2n) is 7.06. The van der Waals surface area contributed by atoms with Gasteiger partial charge in [0, 0.05) is 0 Å². The molecule has 3 heteroatoms. The number of benzene rings is 3. The van der Waals surface area contributed by atoms with Crippen LogP contribution in [0.1, 0.15) is 25.7 Å². The van der Waals surface area contributed by atoms with E-state index in [-0.39, 0.29) is 12.4 Å². The van der Waals surface area contributed by atoms with Crippen molar-refractivity contribution in [1.29, 1.82) is 0 Å². The van der Waals surface area contributed by atoms with E-state index in [2.05, 4.69) is 96.3 Å². The van der Waals surface area contributed by atoms with Gasteiger partial charge in [0.15, 0.2) is 0 Å². The Balaban J connectivity index is 0.00000280. The summed E-state index contributed by atoms with van der Waals surface area (Å²) in [5.74, 6) is 0. The molecule has 0 aliphatic rings. The second kappa shape index (κ2) is 12.0. The maximum absolute atomic E-state index is 3.26. The molecule has 0 atom stereocenters. The molecule has 0 radical (unpaired) electrons. The van der Waals surface area contributed by atoms with Crippen molar-refractivity contribution >= 4 is 23.2 Å². The van der Waals surface area contributed by atoms with Crippen LogP contribution < -0.4 is 33.6 Å². The van der Waals surface area contributed by atoms with Gasteiger partial charge >= 0.3 is 0 Å². The van der Waals surface area contributed by atoms with Gasteiger partial charge in [0.2, 0.25) is 0 Å². The van der Waals surface area contributed by atoms with Crippen molar-refractivity contribution in [2.45, 2.75) is 25.7 Å². The first-order valence-electron chi connectivity index (χ1n) is 10.1. The van der Waals surface area contributed by atoms with Crippen molar-refractivity contribution in [1.82, 2.24) is 5.32 Å². The van der Waals surface area contributed by atoms with E-state index in [1.807, 2.05) is 7.05 Å². The number of unbranched alkanes of at least 4 members (excludes halogenated alkanes) is 3. The van der Waals surface area contributed by atoms with Gasteiger partial charge in [0.05, 0.1) is 6.16 Å². The van der Waals surface area contributed by atoms with Gasteiger partial charge in [-0.1, -0.05) is 61.0 Å². The molecule has 148 valence electrons. The van der Waals surface area contributed by atoms with Crippen molar-refractivity contribution in [3.05, 3.63) is 91.0 Å². The molecule has 0 amide bonds. The van der Waals surface area contributed by atoms with Crippen LogP contribution in [0, 0.1) is 0 Å². The van der Waals surface area contributed by atoms with Gasteiger partial charge in [-0.15, -0.1) is 0 Å². The first-order chi connectivity index (χ1) is 13.4. The highest BCUT2D eigenvalue weighted by Gasteiger charge is 2.44. The topological polar surface area (TPSA) is 12.0 Å². The molecule has 0 aliphatic carbocycles. The van der Waals surface area contributed by atoms with Crippen LogP contribution in [0.3, 0.4) is 0 Å². The Morgan fingerprint density at radius 3 is 1.36 bits per heavy atom. The summed E-state index contributed by atoms with van der Waals surface area (Å²) in [7, 11) is 0.414. The molecular weight excluding hydrogens is 381 g/mol. The van der Waals surface area contributed by atoms with Gasteiger partial charge in [-0.25, -0.2) is 0 Å². The third kappa shape index (κ3) is 5.45.